The fourth-order valence-corrected chi connectivity index (χ4v) is 3.58. The Morgan fingerprint density at radius 1 is 1.04 bits per heavy atom. The molecule has 0 aliphatic carbocycles. The SMILES string of the molecule is CCCCN(C)C(=O)c1ccc(S(=O)(=O)NCCc2ccccc2)cc1. The van der Waals surface area contributed by atoms with Crippen LogP contribution in [-0.4, -0.2) is 39.4 Å². The molecule has 0 aromatic heterocycles. The van der Waals surface area contributed by atoms with Crippen molar-refractivity contribution in [3.63, 3.8) is 0 Å². The molecule has 0 fully saturated rings. The van der Waals surface area contributed by atoms with Crippen molar-refractivity contribution in [2.45, 2.75) is 31.1 Å². The van der Waals surface area contributed by atoms with Crippen molar-refractivity contribution in [2.75, 3.05) is 20.1 Å². The van der Waals surface area contributed by atoms with Crippen LogP contribution in [0.3, 0.4) is 0 Å². The number of hydrogen-bond donors (Lipinski definition) is 1. The molecule has 6 heteroatoms. The second kappa shape index (κ2) is 9.50. The Labute approximate surface area is 156 Å². The van der Waals surface area contributed by atoms with E-state index in [1.165, 1.54) is 12.1 Å². The standard InChI is InChI=1S/C20H26N2O3S/c1-3-4-16-22(2)20(23)18-10-12-19(13-11-18)26(24,25)21-15-14-17-8-6-5-7-9-17/h5-13,21H,3-4,14-16H2,1-2H3. The summed E-state index contributed by atoms with van der Waals surface area (Å²) in [5, 5.41) is 0. The van der Waals surface area contributed by atoms with Gasteiger partial charge in [0.05, 0.1) is 4.90 Å². The third-order valence-electron chi connectivity index (χ3n) is 4.15. The van der Waals surface area contributed by atoms with Gasteiger partial charge >= 0.3 is 0 Å². The van der Waals surface area contributed by atoms with E-state index in [0.29, 0.717) is 25.1 Å². The fourth-order valence-electron chi connectivity index (χ4n) is 2.55. The van der Waals surface area contributed by atoms with Crippen LogP contribution in [0.15, 0.2) is 59.5 Å². The summed E-state index contributed by atoms with van der Waals surface area (Å²) in [4.78, 5) is 14.1. The van der Waals surface area contributed by atoms with Gasteiger partial charge in [-0.2, -0.15) is 0 Å². The van der Waals surface area contributed by atoms with Crippen molar-refractivity contribution < 1.29 is 13.2 Å². The third kappa shape index (κ3) is 5.68. The van der Waals surface area contributed by atoms with Gasteiger partial charge in [-0.1, -0.05) is 43.7 Å². The highest BCUT2D eigenvalue weighted by Crippen LogP contribution is 2.12. The highest BCUT2D eigenvalue weighted by molar-refractivity contribution is 7.89. The number of nitrogens with zero attached hydrogens (tertiary/aromatic N) is 1. The minimum Gasteiger partial charge on any atom is -0.342 e. The van der Waals surface area contributed by atoms with Gasteiger partial charge in [0.1, 0.15) is 0 Å². The van der Waals surface area contributed by atoms with Crippen molar-refractivity contribution in [2.24, 2.45) is 0 Å². The molecular weight excluding hydrogens is 348 g/mol. The first-order valence-corrected chi connectivity index (χ1v) is 10.3. The lowest BCUT2D eigenvalue weighted by Crippen LogP contribution is -2.28. The predicted octanol–water partition coefficient (Wildman–Crippen LogP) is 3.08. The van der Waals surface area contributed by atoms with Gasteiger partial charge < -0.3 is 4.90 Å². The van der Waals surface area contributed by atoms with E-state index in [-0.39, 0.29) is 10.8 Å². The molecule has 0 heterocycles. The molecule has 0 atom stereocenters. The Kier molecular flexibility index (Phi) is 7.36. The van der Waals surface area contributed by atoms with E-state index in [4.69, 9.17) is 0 Å². The molecule has 1 N–H and O–H groups in total. The monoisotopic (exact) mass is 374 g/mol. The van der Waals surface area contributed by atoms with Crippen LogP contribution in [0, 0.1) is 0 Å². The number of nitrogens with one attached hydrogen (secondary N) is 1. The molecule has 26 heavy (non-hydrogen) atoms. The van der Waals surface area contributed by atoms with E-state index < -0.39 is 10.0 Å². The van der Waals surface area contributed by atoms with Crippen molar-refractivity contribution in [1.29, 1.82) is 0 Å². The Hall–Kier alpha value is -2.18. The molecule has 0 aliphatic heterocycles. The average Bonchev–Trinajstić information content (AvgIpc) is 2.66. The molecule has 0 unspecified atom stereocenters. The smallest absolute Gasteiger partial charge is 0.253 e. The number of benzene rings is 2. The van der Waals surface area contributed by atoms with Crippen molar-refractivity contribution in [1.82, 2.24) is 9.62 Å². The number of carbonyl (C=O) groups excluding carboxylic acids is 1. The van der Waals surface area contributed by atoms with Crippen LogP contribution in [0.25, 0.3) is 0 Å². The molecule has 0 saturated carbocycles. The Morgan fingerprint density at radius 2 is 1.69 bits per heavy atom. The van der Waals surface area contributed by atoms with E-state index in [9.17, 15) is 13.2 Å². The zero-order valence-electron chi connectivity index (χ0n) is 15.3. The number of rotatable bonds is 9. The van der Waals surface area contributed by atoms with Crippen LogP contribution in [0.4, 0.5) is 0 Å². The maximum Gasteiger partial charge on any atom is 0.253 e. The summed E-state index contributed by atoms with van der Waals surface area (Å²) in [5.74, 6) is -0.0977. The minimum atomic E-state index is -3.58. The summed E-state index contributed by atoms with van der Waals surface area (Å²) in [6, 6.07) is 15.8. The fraction of sp³-hybridized carbons (Fsp3) is 0.350. The molecule has 140 valence electrons. The van der Waals surface area contributed by atoms with Crippen LogP contribution in [-0.2, 0) is 16.4 Å². The lowest BCUT2D eigenvalue weighted by atomic mass is 10.2. The first kappa shape index (κ1) is 20.1. The molecule has 2 aromatic rings. The number of sulfonamides is 1. The molecule has 2 aromatic carbocycles. The lowest BCUT2D eigenvalue weighted by molar-refractivity contribution is 0.0793. The van der Waals surface area contributed by atoms with Gasteiger partial charge in [-0.05, 0) is 42.7 Å². The van der Waals surface area contributed by atoms with Crippen LogP contribution < -0.4 is 4.72 Å². The molecule has 0 saturated heterocycles. The van der Waals surface area contributed by atoms with Crippen LogP contribution in [0.1, 0.15) is 35.7 Å². The zero-order valence-corrected chi connectivity index (χ0v) is 16.1. The van der Waals surface area contributed by atoms with Gasteiger partial charge in [-0.25, -0.2) is 13.1 Å². The summed E-state index contributed by atoms with van der Waals surface area (Å²) in [6.45, 7) is 3.09. The Bertz CT molecular complexity index is 803. The third-order valence-corrected chi connectivity index (χ3v) is 5.63. The molecule has 0 spiro atoms. The second-order valence-corrected chi connectivity index (χ2v) is 8.00. The van der Waals surface area contributed by atoms with Crippen molar-refractivity contribution in [3.05, 3.63) is 65.7 Å². The lowest BCUT2D eigenvalue weighted by Gasteiger charge is -2.17. The average molecular weight is 375 g/mol. The maximum atomic E-state index is 12.4. The molecule has 0 aliphatic rings. The van der Waals surface area contributed by atoms with Crippen LogP contribution in [0.5, 0.6) is 0 Å². The van der Waals surface area contributed by atoms with Gasteiger partial charge in [0.25, 0.3) is 5.91 Å². The Morgan fingerprint density at radius 3 is 2.31 bits per heavy atom. The summed E-state index contributed by atoms with van der Waals surface area (Å²) >= 11 is 0. The van der Waals surface area contributed by atoms with Gasteiger partial charge in [-0.15, -0.1) is 0 Å². The molecule has 1 amide bonds. The summed E-state index contributed by atoms with van der Waals surface area (Å²) in [6.07, 6.45) is 2.59. The minimum absolute atomic E-state index is 0.0977. The molecule has 5 nitrogen and oxygen atoms in total. The second-order valence-electron chi connectivity index (χ2n) is 6.24. The summed E-state index contributed by atoms with van der Waals surface area (Å²) in [7, 11) is -1.82. The van der Waals surface area contributed by atoms with Crippen LogP contribution >= 0.6 is 0 Å². The largest absolute Gasteiger partial charge is 0.342 e. The van der Waals surface area contributed by atoms with Gasteiger partial charge in [0.15, 0.2) is 0 Å². The highest BCUT2D eigenvalue weighted by Gasteiger charge is 2.16. The number of carbonyl (C=O) groups is 1. The quantitative estimate of drug-likeness (QED) is 0.733. The van der Waals surface area contributed by atoms with E-state index in [2.05, 4.69) is 11.6 Å². The van der Waals surface area contributed by atoms with E-state index >= 15 is 0 Å². The topological polar surface area (TPSA) is 66.5 Å². The number of amides is 1. The first-order valence-electron chi connectivity index (χ1n) is 8.83. The van der Waals surface area contributed by atoms with Gasteiger partial charge in [0.2, 0.25) is 10.0 Å². The van der Waals surface area contributed by atoms with Gasteiger partial charge in [0, 0.05) is 25.7 Å². The zero-order chi connectivity index (χ0) is 19.0. The first-order chi connectivity index (χ1) is 12.4. The maximum absolute atomic E-state index is 12.4. The summed E-state index contributed by atoms with van der Waals surface area (Å²) < 4.78 is 27.3. The number of unbranched alkanes of at least 4 members (excludes halogenated alkanes) is 1. The predicted molar refractivity (Wildman–Crippen MR) is 104 cm³/mol. The van der Waals surface area contributed by atoms with Crippen LogP contribution in [0.2, 0.25) is 0 Å². The summed E-state index contributed by atoms with van der Waals surface area (Å²) in [5.41, 5.74) is 1.57. The van der Waals surface area contributed by atoms with E-state index in [1.807, 2.05) is 30.3 Å². The number of hydrogen-bond acceptors (Lipinski definition) is 3. The Balaban J connectivity index is 1.96. The normalized spacial score (nSPS) is 11.3. The molecule has 2 rings (SSSR count). The van der Waals surface area contributed by atoms with E-state index in [0.717, 1.165) is 18.4 Å². The molecule has 0 radical (unpaired) electrons. The van der Waals surface area contributed by atoms with Gasteiger partial charge in [-0.3, -0.25) is 4.79 Å². The van der Waals surface area contributed by atoms with Crippen molar-refractivity contribution >= 4 is 15.9 Å². The molecule has 0 bridgehead atoms. The highest BCUT2D eigenvalue weighted by atomic mass is 32.2. The van der Waals surface area contributed by atoms with Crippen molar-refractivity contribution in [3.8, 4) is 0 Å². The van der Waals surface area contributed by atoms with E-state index in [1.54, 1.807) is 24.1 Å². The molecular formula is C20H26N2O3S.